The molecule has 1 amide bonds. The topological polar surface area (TPSA) is 118 Å². The van der Waals surface area contributed by atoms with Crippen LogP contribution in [-0.2, 0) is 4.79 Å². The predicted molar refractivity (Wildman–Crippen MR) is 96.9 cm³/mol. The molecule has 7 nitrogen and oxygen atoms in total. The molecule has 2 aromatic heterocycles. The Labute approximate surface area is 143 Å². The molecule has 3 aromatic rings. The van der Waals surface area contributed by atoms with Crippen LogP contribution in [0.4, 0.5) is 5.69 Å². The average molecular weight is 333 g/mol. The predicted octanol–water partition coefficient (Wildman–Crippen LogP) is 2.82. The van der Waals surface area contributed by atoms with Crippen LogP contribution in [0, 0.1) is 5.41 Å². The molecule has 0 fully saturated rings. The molecule has 25 heavy (non-hydrogen) atoms. The van der Waals surface area contributed by atoms with Gasteiger partial charge in [-0.1, -0.05) is 0 Å². The maximum absolute atomic E-state index is 12.1. The van der Waals surface area contributed by atoms with Crippen molar-refractivity contribution in [3.8, 4) is 0 Å². The van der Waals surface area contributed by atoms with Crippen LogP contribution in [-0.4, -0.2) is 22.1 Å². The van der Waals surface area contributed by atoms with Gasteiger partial charge in [-0.15, -0.1) is 0 Å². The lowest BCUT2D eigenvalue weighted by Gasteiger charge is -2.05. The van der Waals surface area contributed by atoms with Gasteiger partial charge in [0.05, 0.1) is 0 Å². The summed E-state index contributed by atoms with van der Waals surface area (Å²) in [5, 5.41) is 10.2. The van der Waals surface area contributed by atoms with Crippen molar-refractivity contribution in [2.45, 2.75) is 0 Å². The average Bonchev–Trinajstić information content (AvgIpc) is 3.10. The lowest BCUT2D eigenvalue weighted by Crippen LogP contribution is -2.07. The summed E-state index contributed by atoms with van der Waals surface area (Å²) in [5.41, 5.74) is 9.40. The van der Waals surface area contributed by atoms with Crippen molar-refractivity contribution in [2.75, 3.05) is 5.32 Å². The zero-order valence-corrected chi connectivity index (χ0v) is 13.1. The number of aromatic nitrogens is 2. The summed E-state index contributed by atoms with van der Waals surface area (Å²) in [5.74, 6) is -0.304. The third kappa shape index (κ3) is 3.61. The number of anilines is 1. The molecule has 0 saturated carbocycles. The molecule has 3 rings (SSSR count). The second-order valence-corrected chi connectivity index (χ2v) is 5.09. The highest BCUT2D eigenvalue weighted by molar-refractivity contribution is 6.10. The van der Waals surface area contributed by atoms with Gasteiger partial charge in [-0.05, 0) is 29.8 Å². The number of carbonyl (C=O) groups excluding carboxylic acids is 1. The molecule has 0 spiro atoms. The number of nitrogens with zero attached hydrogens (tertiary/aromatic N) is 2. The van der Waals surface area contributed by atoms with Crippen molar-refractivity contribution in [3.63, 3.8) is 0 Å². The van der Waals surface area contributed by atoms with E-state index in [4.69, 9.17) is 15.6 Å². The van der Waals surface area contributed by atoms with Gasteiger partial charge in [-0.3, -0.25) is 9.78 Å². The minimum absolute atomic E-state index is 0.304. The van der Waals surface area contributed by atoms with E-state index in [0.29, 0.717) is 22.4 Å². The van der Waals surface area contributed by atoms with E-state index in [9.17, 15) is 4.79 Å². The SMILES string of the molecule is N=CC(=CN)c1ccncc1/C=C/C(=O)Nc1ccc2ncoc2c1. The molecule has 0 bridgehead atoms. The Bertz CT molecular complexity index is 988. The third-order valence-electron chi connectivity index (χ3n) is 3.51. The number of nitrogens with one attached hydrogen (secondary N) is 2. The fourth-order valence-electron chi connectivity index (χ4n) is 2.30. The van der Waals surface area contributed by atoms with Crippen molar-refractivity contribution >= 4 is 40.6 Å². The Hall–Kier alpha value is -3.74. The maximum atomic E-state index is 12.1. The molecular weight excluding hydrogens is 318 g/mol. The van der Waals surface area contributed by atoms with Crippen molar-refractivity contribution in [2.24, 2.45) is 5.73 Å². The molecule has 0 atom stereocenters. The Morgan fingerprint density at radius 3 is 3.00 bits per heavy atom. The first-order chi connectivity index (χ1) is 12.2. The normalized spacial score (nSPS) is 11.8. The highest BCUT2D eigenvalue weighted by Gasteiger charge is 2.05. The summed E-state index contributed by atoms with van der Waals surface area (Å²) in [4.78, 5) is 20.2. The fourth-order valence-corrected chi connectivity index (χ4v) is 2.30. The second kappa shape index (κ2) is 7.22. The third-order valence-corrected chi connectivity index (χ3v) is 3.51. The van der Waals surface area contributed by atoms with Crippen LogP contribution in [0.2, 0.25) is 0 Å². The summed E-state index contributed by atoms with van der Waals surface area (Å²) in [6.07, 6.45) is 10.1. The molecule has 7 heteroatoms. The molecule has 1 aromatic carbocycles. The molecule has 0 aliphatic carbocycles. The standard InChI is InChI=1S/C18H15N5O2/c19-8-13(9-20)15-5-6-21-10-12(15)1-4-18(24)23-14-2-3-16-17(7-14)25-11-22-16/h1-11,19H,20H2,(H,23,24)/b4-1+,13-9?,19-8?. The molecule has 2 heterocycles. The molecule has 0 aliphatic heterocycles. The van der Waals surface area contributed by atoms with Crippen LogP contribution in [0.5, 0.6) is 0 Å². The van der Waals surface area contributed by atoms with E-state index in [1.807, 2.05) is 0 Å². The summed E-state index contributed by atoms with van der Waals surface area (Å²) >= 11 is 0. The Morgan fingerprint density at radius 1 is 1.32 bits per heavy atom. The van der Waals surface area contributed by atoms with Crippen molar-refractivity contribution in [3.05, 3.63) is 66.5 Å². The van der Waals surface area contributed by atoms with Crippen LogP contribution in [0.25, 0.3) is 22.7 Å². The molecular formula is C18H15N5O2. The van der Waals surface area contributed by atoms with Crippen LogP contribution in [0.15, 0.2) is 59.7 Å². The first kappa shape index (κ1) is 16.1. The van der Waals surface area contributed by atoms with Gasteiger partial charge in [0.25, 0.3) is 0 Å². The molecule has 0 unspecified atom stereocenters. The first-order valence-corrected chi connectivity index (χ1v) is 7.40. The van der Waals surface area contributed by atoms with Gasteiger partial charge < -0.3 is 20.9 Å². The highest BCUT2D eigenvalue weighted by Crippen LogP contribution is 2.19. The largest absolute Gasteiger partial charge is 0.443 e. The van der Waals surface area contributed by atoms with Crippen LogP contribution in [0.1, 0.15) is 11.1 Å². The number of nitrogens with two attached hydrogens (primary N) is 1. The molecule has 124 valence electrons. The molecule has 0 saturated heterocycles. The Balaban J connectivity index is 1.77. The van der Waals surface area contributed by atoms with Gasteiger partial charge in [0.2, 0.25) is 5.91 Å². The number of fused-ring (bicyclic) bond motifs is 1. The number of amides is 1. The van der Waals surface area contributed by atoms with Gasteiger partial charge in [-0.2, -0.15) is 0 Å². The van der Waals surface area contributed by atoms with E-state index in [2.05, 4.69) is 15.3 Å². The summed E-state index contributed by atoms with van der Waals surface area (Å²) in [6.45, 7) is 0. The zero-order chi connectivity index (χ0) is 17.6. The summed E-state index contributed by atoms with van der Waals surface area (Å²) < 4.78 is 5.21. The molecule has 0 aliphatic rings. The smallest absolute Gasteiger partial charge is 0.248 e. The van der Waals surface area contributed by atoms with Gasteiger partial charge in [0.1, 0.15) is 5.52 Å². The van der Waals surface area contributed by atoms with Crippen molar-refractivity contribution < 1.29 is 9.21 Å². The van der Waals surface area contributed by atoms with E-state index < -0.39 is 0 Å². The van der Waals surface area contributed by atoms with E-state index in [1.165, 1.54) is 18.7 Å². The number of rotatable bonds is 5. The van der Waals surface area contributed by atoms with Gasteiger partial charge in [0.15, 0.2) is 12.0 Å². The van der Waals surface area contributed by atoms with E-state index in [1.54, 1.807) is 42.7 Å². The van der Waals surface area contributed by atoms with Crippen molar-refractivity contribution in [1.82, 2.24) is 9.97 Å². The minimum atomic E-state index is -0.304. The Morgan fingerprint density at radius 2 is 2.20 bits per heavy atom. The lowest BCUT2D eigenvalue weighted by atomic mass is 10.0. The zero-order valence-electron chi connectivity index (χ0n) is 13.1. The lowest BCUT2D eigenvalue weighted by molar-refractivity contribution is -0.111. The number of carbonyl (C=O) groups is 1. The van der Waals surface area contributed by atoms with E-state index in [0.717, 1.165) is 17.3 Å². The highest BCUT2D eigenvalue weighted by atomic mass is 16.3. The quantitative estimate of drug-likeness (QED) is 0.490. The fraction of sp³-hybridized carbons (Fsp3) is 0. The minimum Gasteiger partial charge on any atom is -0.443 e. The van der Waals surface area contributed by atoms with Crippen LogP contribution in [0.3, 0.4) is 0 Å². The maximum Gasteiger partial charge on any atom is 0.248 e. The van der Waals surface area contributed by atoms with Gasteiger partial charge >= 0.3 is 0 Å². The first-order valence-electron chi connectivity index (χ1n) is 7.40. The van der Waals surface area contributed by atoms with Crippen molar-refractivity contribution in [1.29, 1.82) is 5.41 Å². The summed E-state index contributed by atoms with van der Waals surface area (Å²) in [7, 11) is 0. The monoisotopic (exact) mass is 333 g/mol. The second-order valence-electron chi connectivity index (χ2n) is 5.09. The number of hydrogen-bond donors (Lipinski definition) is 3. The van der Waals surface area contributed by atoms with E-state index >= 15 is 0 Å². The van der Waals surface area contributed by atoms with Crippen LogP contribution < -0.4 is 11.1 Å². The number of hydrogen-bond acceptors (Lipinski definition) is 6. The molecule has 4 N–H and O–H groups in total. The number of pyridine rings is 1. The van der Waals surface area contributed by atoms with E-state index in [-0.39, 0.29) is 5.91 Å². The number of oxazole rings is 1. The number of benzene rings is 1. The van der Waals surface area contributed by atoms with Crippen LogP contribution >= 0.6 is 0 Å². The van der Waals surface area contributed by atoms with Gasteiger partial charge in [0, 0.05) is 53.8 Å². The van der Waals surface area contributed by atoms with Gasteiger partial charge in [-0.25, -0.2) is 4.98 Å². The Kier molecular flexibility index (Phi) is 4.66. The number of allylic oxidation sites excluding steroid dienone is 1. The summed E-state index contributed by atoms with van der Waals surface area (Å²) in [6, 6.07) is 6.95. The molecule has 0 radical (unpaired) electrons.